The van der Waals surface area contributed by atoms with Gasteiger partial charge in [-0.15, -0.1) is 11.3 Å². The Labute approximate surface area is 159 Å². The van der Waals surface area contributed by atoms with Crippen LogP contribution in [0.1, 0.15) is 32.6 Å². The highest BCUT2D eigenvalue weighted by atomic mass is 32.1. The van der Waals surface area contributed by atoms with Crippen LogP contribution in [0.15, 0.2) is 65.0 Å². The van der Waals surface area contributed by atoms with Gasteiger partial charge in [0.25, 0.3) is 0 Å². The molecule has 26 heavy (non-hydrogen) atoms. The Kier molecular flexibility index (Phi) is 6.67. The lowest BCUT2D eigenvalue weighted by Crippen LogP contribution is -2.16. The van der Waals surface area contributed by atoms with E-state index in [9.17, 15) is 0 Å². The van der Waals surface area contributed by atoms with Gasteiger partial charge < -0.3 is 9.30 Å². The first kappa shape index (κ1) is 18.5. The van der Waals surface area contributed by atoms with Crippen LogP contribution in [-0.2, 0) is 6.54 Å². The molecule has 0 bridgehead atoms. The van der Waals surface area contributed by atoms with Crippen LogP contribution >= 0.6 is 11.3 Å². The standard InChI is InChI=1S/C22H26N2OS/c1-3-4-5-9-16-24-21(18-12-14-20(25-2)15-13-18)17-26-22(24)23-19-10-7-6-8-11-19/h6-8,10-15,17H,3-5,9,16H2,1-2H3. The summed E-state index contributed by atoms with van der Waals surface area (Å²) in [7, 11) is 1.70. The van der Waals surface area contributed by atoms with E-state index in [0.717, 1.165) is 22.8 Å². The maximum atomic E-state index is 5.29. The van der Waals surface area contributed by atoms with Crippen LogP contribution in [0, 0.1) is 0 Å². The van der Waals surface area contributed by atoms with Crippen LogP contribution in [0.2, 0.25) is 0 Å². The van der Waals surface area contributed by atoms with Crippen LogP contribution in [0.5, 0.6) is 5.75 Å². The summed E-state index contributed by atoms with van der Waals surface area (Å²) in [4.78, 5) is 5.93. The van der Waals surface area contributed by atoms with Gasteiger partial charge in [-0.1, -0.05) is 44.4 Å². The second kappa shape index (κ2) is 9.39. The summed E-state index contributed by atoms with van der Waals surface area (Å²) < 4.78 is 7.64. The van der Waals surface area contributed by atoms with Crippen LogP contribution in [-0.4, -0.2) is 11.7 Å². The summed E-state index contributed by atoms with van der Waals surface area (Å²) in [5.74, 6) is 0.882. The molecule has 0 aliphatic carbocycles. The SMILES string of the molecule is CCCCCCn1c(-c2ccc(OC)cc2)csc1=Nc1ccccc1. The zero-order valence-corrected chi connectivity index (χ0v) is 16.3. The van der Waals surface area contributed by atoms with Crippen molar-refractivity contribution in [3.8, 4) is 17.0 Å². The topological polar surface area (TPSA) is 26.5 Å². The van der Waals surface area contributed by atoms with E-state index >= 15 is 0 Å². The number of hydrogen-bond acceptors (Lipinski definition) is 3. The molecule has 3 rings (SSSR count). The zero-order chi connectivity index (χ0) is 18.2. The molecule has 136 valence electrons. The Bertz CT molecular complexity index is 863. The third-order valence-electron chi connectivity index (χ3n) is 4.40. The van der Waals surface area contributed by atoms with E-state index in [1.54, 1.807) is 18.4 Å². The Balaban J connectivity index is 1.96. The molecule has 0 atom stereocenters. The number of thiazole rings is 1. The molecule has 2 aromatic carbocycles. The number of benzene rings is 2. The van der Waals surface area contributed by atoms with Crippen molar-refractivity contribution in [1.82, 2.24) is 4.57 Å². The zero-order valence-electron chi connectivity index (χ0n) is 15.5. The Hall–Kier alpha value is -2.33. The van der Waals surface area contributed by atoms with Gasteiger partial charge in [0.1, 0.15) is 5.75 Å². The molecule has 0 saturated carbocycles. The van der Waals surface area contributed by atoms with E-state index < -0.39 is 0 Å². The number of hydrogen-bond donors (Lipinski definition) is 0. The fourth-order valence-corrected chi connectivity index (χ4v) is 3.89. The van der Waals surface area contributed by atoms with Gasteiger partial charge in [-0.2, -0.15) is 0 Å². The Morgan fingerprint density at radius 2 is 1.73 bits per heavy atom. The average Bonchev–Trinajstić information content (AvgIpc) is 3.08. The summed E-state index contributed by atoms with van der Waals surface area (Å²) >= 11 is 1.70. The van der Waals surface area contributed by atoms with Crippen molar-refractivity contribution in [2.24, 2.45) is 4.99 Å². The molecule has 0 N–H and O–H groups in total. The van der Waals surface area contributed by atoms with E-state index in [1.807, 2.05) is 42.5 Å². The highest BCUT2D eigenvalue weighted by molar-refractivity contribution is 7.07. The fraction of sp³-hybridized carbons (Fsp3) is 0.318. The summed E-state index contributed by atoms with van der Waals surface area (Å²) in [6.07, 6.45) is 4.97. The lowest BCUT2D eigenvalue weighted by Gasteiger charge is -2.10. The summed E-state index contributed by atoms with van der Waals surface area (Å²) in [6, 6.07) is 18.5. The first-order chi connectivity index (χ1) is 12.8. The molecule has 3 aromatic rings. The molecule has 1 aromatic heterocycles. The number of ether oxygens (including phenoxy) is 1. The van der Waals surface area contributed by atoms with Crippen LogP contribution < -0.4 is 9.54 Å². The number of aromatic nitrogens is 1. The molecular weight excluding hydrogens is 340 g/mol. The maximum absolute atomic E-state index is 5.29. The first-order valence-electron chi connectivity index (χ1n) is 9.24. The van der Waals surface area contributed by atoms with Crippen LogP contribution in [0.4, 0.5) is 5.69 Å². The molecule has 3 nitrogen and oxygen atoms in total. The van der Waals surface area contributed by atoms with Crippen molar-refractivity contribution in [3.05, 3.63) is 64.8 Å². The minimum Gasteiger partial charge on any atom is -0.497 e. The van der Waals surface area contributed by atoms with Gasteiger partial charge in [0, 0.05) is 11.9 Å². The minimum absolute atomic E-state index is 0.882. The van der Waals surface area contributed by atoms with Crippen molar-refractivity contribution in [2.75, 3.05) is 7.11 Å². The molecular formula is C22H26N2OS. The first-order valence-corrected chi connectivity index (χ1v) is 10.1. The van der Waals surface area contributed by atoms with Crippen molar-refractivity contribution in [3.63, 3.8) is 0 Å². The lowest BCUT2D eigenvalue weighted by atomic mass is 10.1. The quantitative estimate of drug-likeness (QED) is 0.447. The highest BCUT2D eigenvalue weighted by Gasteiger charge is 2.08. The van der Waals surface area contributed by atoms with E-state index in [2.05, 4.69) is 29.0 Å². The number of rotatable bonds is 8. The van der Waals surface area contributed by atoms with E-state index in [-0.39, 0.29) is 0 Å². The van der Waals surface area contributed by atoms with E-state index in [1.165, 1.54) is 36.9 Å². The molecule has 0 fully saturated rings. The van der Waals surface area contributed by atoms with Gasteiger partial charge in [0.05, 0.1) is 18.5 Å². The van der Waals surface area contributed by atoms with Gasteiger partial charge in [-0.25, -0.2) is 4.99 Å². The van der Waals surface area contributed by atoms with Gasteiger partial charge in [-0.3, -0.25) is 0 Å². The summed E-state index contributed by atoms with van der Waals surface area (Å²) in [5.41, 5.74) is 3.42. The smallest absolute Gasteiger partial charge is 0.190 e. The molecule has 0 saturated heterocycles. The van der Waals surface area contributed by atoms with Crippen molar-refractivity contribution < 1.29 is 4.74 Å². The maximum Gasteiger partial charge on any atom is 0.190 e. The molecule has 0 radical (unpaired) electrons. The molecule has 0 aliphatic rings. The summed E-state index contributed by atoms with van der Waals surface area (Å²) in [5, 5.41) is 2.21. The minimum atomic E-state index is 0.882. The summed E-state index contributed by atoms with van der Waals surface area (Å²) in [6.45, 7) is 3.24. The van der Waals surface area contributed by atoms with Gasteiger partial charge in [-0.05, 0) is 48.4 Å². The molecule has 0 spiro atoms. The second-order valence-corrected chi connectivity index (χ2v) is 7.13. The van der Waals surface area contributed by atoms with Gasteiger partial charge in [0.15, 0.2) is 4.80 Å². The number of nitrogens with zero attached hydrogens (tertiary/aromatic N) is 2. The third kappa shape index (κ3) is 4.64. The van der Waals surface area contributed by atoms with Crippen molar-refractivity contribution in [2.45, 2.75) is 39.2 Å². The van der Waals surface area contributed by atoms with Gasteiger partial charge in [0.2, 0.25) is 0 Å². The Morgan fingerprint density at radius 1 is 0.962 bits per heavy atom. The van der Waals surface area contributed by atoms with Crippen molar-refractivity contribution in [1.29, 1.82) is 0 Å². The largest absolute Gasteiger partial charge is 0.497 e. The highest BCUT2D eigenvalue weighted by Crippen LogP contribution is 2.24. The van der Waals surface area contributed by atoms with E-state index in [0.29, 0.717) is 0 Å². The predicted octanol–water partition coefficient (Wildman–Crippen LogP) is 6.04. The molecule has 1 heterocycles. The molecule has 0 unspecified atom stereocenters. The van der Waals surface area contributed by atoms with Crippen molar-refractivity contribution >= 4 is 17.0 Å². The molecule has 4 heteroatoms. The average molecular weight is 367 g/mol. The fourth-order valence-electron chi connectivity index (χ4n) is 2.94. The van der Waals surface area contributed by atoms with E-state index in [4.69, 9.17) is 9.73 Å². The Morgan fingerprint density at radius 3 is 2.42 bits per heavy atom. The number of para-hydroxylation sites is 1. The third-order valence-corrected chi connectivity index (χ3v) is 5.26. The molecule has 0 aliphatic heterocycles. The second-order valence-electron chi connectivity index (χ2n) is 6.29. The number of unbranched alkanes of at least 4 members (excludes halogenated alkanes) is 3. The lowest BCUT2D eigenvalue weighted by molar-refractivity contribution is 0.415. The predicted molar refractivity (Wildman–Crippen MR) is 110 cm³/mol. The number of methoxy groups -OCH3 is 1. The van der Waals surface area contributed by atoms with Crippen LogP contribution in [0.25, 0.3) is 11.3 Å². The molecule has 0 amide bonds. The van der Waals surface area contributed by atoms with Crippen LogP contribution in [0.3, 0.4) is 0 Å². The van der Waals surface area contributed by atoms with Gasteiger partial charge >= 0.3 is 0 Å². The normalized spacial score (nSPS) is 11.7. The monoisotopic (exact) mass is 366 g/mol.